The SMILES string of the molecule is CC1C[C@H]2CC[C@@H](C1)N2C(=O)c1cc2c([nH]c1=O)C[C@]13CCN(CC4CC4)[C@H](Cc4ccc(O)cc41)[C@@H]3C2. The van der Waals surface area contributed by atoms with Gasteiger partial charge in [-0.15, -0.1) is 0 Å². The van der Waals surface area contributed by atoms with Crippen molar-refractivity contribution in [3.05, 3.63) is 62.6 Å². The molecule has 4 heterocycles. The molecular formula is C32H39N3O3. The fourth-order valence-electron chi connectivity index (χ4n) is 9.44. The number of rotatable bonds is 3. The number of phenolic OH excluding ortho intramolecular Hbond substituents is 1. The standard InChI is InChI=1S/C32H39N3O3/c1-18-10-22-5-6-23(11-18)35(22)31(38)25-12-21-13-27-29-14-20-4-7-24(36)15-26(20)32(27,16-28(21)33-30(25)37)8-9-34(29)17-19-2-3-19/h4,7,12,15,18-19,22-23,27,29,36H,2-3,5-6,8-11,13-14,16-17H2,1H3,(H,33,37)/t18?,22-,23+,27-,29+,32+/m0/s1. The number of phenols is 1. The summed E-state index contributed by atoms with van der Waals surface area (Å²) < 4.78 is 0. The third kappa shape index (κ3) is 3.41. The van der Waals surface area contributed by atoms with Gasteiger partial charge in [-0.25, -0.2) is 0 Å². The lowest BCUT2D eigenvalue weighted by Gasteiger charge is -2.59. The van der Waals surface area contributed by atoms with E-state index in [1.165, 1.54) is 30.5 Å². The van der Waals surface area contributed by atoms with E-state index < -0.39 is 0 Å². The summed E-state index contributed by atoms with van der Waals surface area (Å²) in [5.41, 5.74) is 4.86. The molecular weight excluding hydrogens is 474 g/mol. The second kappa shape index (κ2) is 8.20. The van der Waals surface area contributed by atoms with Crippen LogP contribution in [0.3, 0.4) is 0 Å². The maximum Gasteiger partial charge on any atom is 0.261 e. The quantitative estimate of drug-likeness (QED) is 0.646. The molecule has 2 aromatic rings. The van der Waals surface area contributed by atoms with Gasteiger partial charge in [0.25, 0.3) is 11.5 Å². The van der Waals surface area contributed by atoms with Crippen molar-refractivity contribution in [2.24, 2.45) is 17.8 Å². The predicted molar refractivity (Wildman–Crippen MR) is 146 cm³/mol. The van der Waals surface area contributed by atoms with Crippen LogP contribution in [0.25, 0.3) is 0 Å². The molecule has 2 N–H and O–H groups in total. The van der Waals surface area contributed by atoms with Gasteiger partial charge in [0.05, 0.1) is 0 Å². The Morgan fingerprint density at radius 3 is 2.63 bits per heavy atom. The Morgan fingerprint density at radius 2 is 1.87 bits per heavy atom. The number of amides is 1. The number of nitrogens with zero attached hydrogens (tertiary/aromatic N) is 2. The maximum absolute atomic E-state index is 13.8. The Kier molecular flexibility index (Phi) is 5.03. The zero-order valence-corrected chi connectivity index (χ0v) is 22.4. The first kappa shape index (κ1) is 23.3. The molecule has 6 atom stereocenters. The van der Waals surface area contributed by atoms with E-state index >= 15 is 0 Å². The number of H-pyrrole nitrogens is 1. The Bertz CT molecular complexity index is 1360. The van der Waals surface area contributed by atoms with Gasteiger partial charge in [0.1, 0.15) is 11.3 Å². The molecule has 8 rings (SSSR count). The van der Waals surface area contributed by atoms with Crippen molar-refractivity contribution in [1.82, 2.24) is 14.8 Å². The molecule has 3 aliphatic carbocycles. The molecule has 1 unspecified atom stereocenters. The summed E-state index contributed by atoms with van der Waals surface area (Å²) in [5.74, 6) is 2.21. The van der Waals surface area contributed by atoms with E-state index in [9.17, 15) is 14.7 Å². The number of hydrogen-bond acceptors (Lipinski definition) is 4. The Morgan fingerprint density at radius 1 is 1.08 bits per heavy atom. The first-order valence-electron chi connectivity index (χ1n) is 15.0. The maximum atomic E-state index is 13.8. The van der Waals surface area contributed by atoms with E-state index in [0.29, 0.717) is 29.2 Å². The predicted octanol–water partition coefficient (Wildman–Crippen LogP) is 4.18. The zero-order valence-electron chi connectivity index (χ0n) is 22.4. The van der Waals surface area contributed by atoms with E-state index in [1.54, 1.807) is 0 Å². The van der Waals surface area contributed by atoms with Crippen molar-refractivity contribution in [3.8, 4) is 5.75 Å². The Hall–Kier alpha value is -2.60. The normalized spacial score (nSPS) is 35.4. The zero-order chi connectivity index (χ0) is 25.8. The van der Waals surface area contributed by atoms with Gasteiger partial charge >= 0.3 is 0 Å². The third-order valence-electron chi connectivity index (χ3n) is 11.3. The van der Waals surface area contributed by atoms with Crippen LogP contribution < -0.4 is 5.56 Å². The van der Waals surface area contributed by atoms with E-state index in [1.807, 2.05) is 18.2 Å². The lowest BCUT2D eigenvalue weighted by Crippen LogP contribution is -2.63. The van der Waals surface area contributed by atoms with E-state index in [2.05, 4.69) is 27.8 Å². The molecule has 200 valence electrons. The van der Waals surface area contributed by atoms with Crippen LogP contribution in [0.2, 0.25) is 0 Å². The molecule has 1 aromatic heterocycles. The summed E-state index contributed by atoms with van der Waals surface area (Å²) in [4.78, 5) is 35.3. The van der Waals surface area contributed by atoms with Gasteiger partial charge in [0.15, 0.2) is 0 Å². The molecule has 6 heteroatoms. The van der Waals surface area contributed by atoms with E-state index in [-0.39, 0.29) is 29.0 Å². The number of fused-ring (bicyclic) bond motifs is 4. The molecule has 4 fully saturated rings. The smallest absolute Gasteiger partial charge is 0.261 e. The second-order valence-corrected chi connectivity index (χ2v) is 13.6. The van der Waals surface area contributed by atoms with Crippen molar-refractivity contribution in [2.75, 3.05) is 13.1 Å². The lowest BCUT2D eigenvalue weighted by molar-refractivity contribution is 0.00456. The average Bonchev–Trinajstić information content (AvgIpc) is 3.67. The highest BCUT2D eigenvalue weighted by Crippen LogP contribution is 2.55. The average molecular weight is 514 g/mol. The van der Waals surface area contributed by atoms with Crippen molar-refractivity contribution >= 4 is 5.91 Å². The van der Waals surface area contributed by atoms with Gasteiger partial charge in [0.2, 0.25) is 0 Å². The summed E-state index contributed by atoms with van der Waals surface area (Å²) in [6.45, 7) is 4.57. The number of aromatic amines is 1. The van der Waals surface area contributed by atoms with E-state index in [0.717, 1.165) is 75.1 Å². The number of pyridine rings is 1. The molecule has 0 radical (unpaired) electrons. The number of aromatic hydroxyl groups is 1. The minimum Gasteiger partial charge on any atom is -0.508 e. The van der Waals surface area contributed by atoms with Crippen LogP contribution in [-0.4, -0.2) is 57.0 Å². The molecule has 3 aliphatic heterocycles. The number of carbonyl (C=O) groups excluding carboxylic acids is 1. The summed E-state index contributed by atoms with van der Waals surface area (Å²) in [6.07, 6.45) is 10.7. The highest BCUT2D eigenvalue weighted by atomic mass is 16.3. The van der Waals surface area contributed by atoms with Crippen LogP contribution in [0, 0.1) is 17.8 Å². The van der Waals surface area contributed by atoms with Crippen LogP contribution in [-0.2, 0) is 24.7 Å². The third-order valence-corrected chi connectivity index (χ3v) is 11.3. The first-order chi connectivity index (χ1) is 18.4. The van der Waals surface area contributed by atoms with Crippen molar-refractivity contribution in [3.63, 3.8) is 0 Å². The number of nitrogens with one attached hydrogen (secondary N) is 1. The summed E-state index contributed by atoms with van der Waals surface area (Å²) >= 11 is 0. The molecule has 4 bridgehead atoms. The molecule has 1 aromatic carbocycles. The van der Waals surface area contributed by atoms with Crippen LogP contribution in [0.5, 0.6) is 5.75 Å². The van der Waals surface area contributed by atoms with Crippen molar-refractivity contribution in [1.29, 1.82) is 0 Å². The van der Waals surface area contributed by atoms with Gasteiger partial charge < -0.3 is 15.0 Å². The molecule has 3 saturated heterocycles. The molecule has 1 amide bonds. The molecule has 6 nitrogen and oxygen atoms in total. The monoisotopic (exact) mass is 513 g/mol. The molecule has 1 saturated carbocycles. The van der Waals surface area contributed by atoms with Crippen molar-refractivity contribution in [2.45, 2.75) is 94.7 Å². The lowest BCUT2D eigenvalue weighted by atomic mass is 9.52. The number of benzene rings is 1. The highest BCUT2D eigenvalue weighted by molar-refractivity contribution is 5.95. The second-order valence-electron chi connectivity index (χ2n) is 13.6. The minimum atomic E-state index is -0.226. The van der Waals surface area contributed by atoms with Crippen LogP contribution >= 0.6 is 0 Å². The first-order valence-corrected chi connectivity index (χ1v) is 15.0. The fraction of sp³-hybridized carbons (Fsp3) is 0.625. The number of carbonyl (C=O) groups is 1. The summed E-state index contributed by atoms with van der Waals surface area (Å²) in [5, 5.41) is 10.5. The van der Waals surface area contributed by atoms with Gasteiger partial charge in [-0.2, -0.15) is 0 Å². The van der Waals surface area contributed by atoms with Gasteiger partial charge in [-0.1, -0.05) is 13.0 Å². The van der Waals surface area contributed by atoms with Crippen LogP contribution in [0.4, 0.5) is 0 Å². The van der Waals surface area contributed by atoms with Crippen molar-refractivity contribution < 1.29 is 9.90 Å². The number of hydrogen-bond donors (Lipinski definition) is 2. The molecule has 0 spiro atoms. The molecule has 38 heavy (non-hydrogen) atoms. The van der Waals surface area contributed by atoms with Crippen LogP contribution in [0.15, 0.2) is 29.1 Å². The highest BCUT2D eigenvalue weighted by Gasteiger charge is 2.56. The number of aromatic nitrogens is 1. The van der Waals surface area contributed by atoms with Gasteiger partial charge in [-0.3, -0.25) is 14.5 Å². The summed E-state index contributed by atoms with van der Waals surface area (Å²) in [7, 11) is 0. The largest absolute Gasteiger partial charge is 0.508 e. The minimum absolute atomic E-state index is 0.0526. The Labute approximate surface area is 224 Å². The number of piperidine rings is 2. The number of likely N-dealkylation sites (tertiary alicyclic amines) is 1. The topological polar surface area (TPSA) is 76.6 Å². The molecule has 6 aliphatic rings. The summed E-state index contributed by atoms with van der Waals surface area (Å²) in [6, 6.07) is 8.98. The van der Waals surface area contributed by atoms with Gasteiger partial charge in [-0.05, 0) is 123 Å². The Balaban J connectivity index is 1.18. The van der Waals surface area contributed by atoms with E-state index in [4.69, 9.17) is 0 Å². The van der Waals surface area contributed by atoms with Crippen LogP contribution in [0.1, 0.15) is 84.6 Å². The van der Waals surface area contributed by atoms with Gasteiger partial charge in [0, 0.05) is 35.8 Å². The fourth-order valence-corrected chi connectivity index (χ4v) is 9.44.